The summed E-state index contributed by atoms with van der Waals surface area (Å²) in [4.78, 5) is 17.1. The standard InChI is InChI=1S/C23H21BrClN5O2/c1-12-9-14(11-29-13(2)27-28-21(12)29)10-18(15-3-5-16(25)6-4-15)19-20(22(31)32)30(17-7-8-17)23(24)26-19/h3-6,9,11,17-18H,7-8,10H2,1-2H3,(H,31,32). The summed E-state index contributed by atoms with van der Waals surface area (Å²) in [6, 6.07) is 9.81. The molecule has 4 aromatic rings. The number of hydrogen-bond acceptors (Lipinski definition) is 4. The first kappa shape index (κ1) is 21.2. The first-order chi connectivity index (χ1) is 15.3. The molecule has 0 saturated heterocycles. The molecule has 1 atom stereocenters. The van der Waals surface area contributed by atoms with Gasteiger partial charge in [0.2, 0.25) is 0 Å². The summed E-state index contributed by atoms with van der Waals surface area (Å²) in [7, 11) is 0. The van der Waals surface area contributed by atoms with Gasteiger partial charge in [-0.05, 0) is 77.9 Å². The predicted molar refractivity (Wildman–Crippen MR) is 125 cm³/mol. The van der Waals surface area contributed by atoms with E-state index in [-0.39, 0.29) is 17.7 Å². The third-order valence-electron chi connectivity index (χ3n) is 5.97. The molecule has 1 N–H and O–H groups in total. The van der Waals surface area contributed by atoms with Gasteiger partial charge in [-0.25, -0.2) is 9.78 Å². The number of nitrogens with zero attached hydrogens (tertiary/aromatic N) is 5. The van der Waals surface area contributed by atoms with Crippen molar-refractivity contribution in [2.24, 2.45) is 0 Å². The van der Waals surface area contributed by atoms with Gasteiger partial charge in [-0.2, -0.15) is 0 Å². The van der Waals surface area contributed by atoms with E-state index in [4.69, 9.17) is 16.6 Å². The third-order valence-corrected chi connectivity index (χ3v) is 6.78. The summed E-state index contributed by atoms with van der Waals surface area (Å²) >= 11 is 9.65. The summed E-state index contributed by atoms with van der Waals surface area (Å²) in [5.74, 6) is -0.423. The van der Waals surface area contributed by atoms with Crippen molar-refractivity contribution in [3.05, 3.63) is 80.2 Å². The number of aromatic nitrogens is 5. The third kappa shape index (κ3) is 3.71. The highest BCUT2D eigenvalue weighted by Crippen LogP contribution is 2.42. The molecular weight excluding hydrogens is 494 g/mol. The number of hydrogen-bond donors (Lipinski definition) is 1. The monoisotopic (exact) mass is 513 g/mol. The van der Waals surface area contributed by atoms with E-state index in [0.717, 1.165) is 41.0 Å². The molecule has 164 valence electrons. The Labute approximate surface area is 198 Å². The topological polar surface area (TPSA) is 85.3 Å². The maximum Gasteiger partial charge on any atom is 0.354 e. The van der Waals surface area contributed by atoms with Gasteiger partial charge in [-0.1, -0.05) is 29.8 Å². The second kappa shape index (κ2) is 8.01. The van der Waals surface area contributed by atoms with Crippen LogP contribution < -0.4 is 0 Å². The smallest absolute Gasteiger partial charge is 0.354 e. The Morgan fingerprint density at radius 3 is 2.62 bits per heavy atom. The lowest BCUT2D eigenvalue weighted by molar-refractivity contribution is 0.0682. The largest absolute Gasteiger partial charge is 0.477 e. The molecule has 1 fully saturated rings. The summed E-state index contributed by atoms with van der Waals surface area (Å²) in [5, 5.41) is 19.2. The number of benzene rings is 1. The number of carboxylic acid groups (broad SMARTS) is 1. The molecule has 5 rings (SSSR count). The average Bonchev–Trinajstić information content (AvgIpc) is 3.43. The number of halogens is 2. The van der Waals surface area contributed by atoms with Crippen LogP contribution in [0, 0.1) is 13.8 Å². The van der Waals surface area contributed by atoms with E-state index in [1.807, 2.05) is 53.3 Å². The molecule has 9 heteroatoms. The zero-order valence-electron chi connectivity index (χ0n) is 17.6. The Morgan fingerprint density at radius 2 is 1.97 bits per heavy atom. The molecule has 1 aliphatic rings. The minimum atomic E-state index is -0.967. The zero-order chi connectivity index (χ0) is 22.6. The van der Waals surface area contributed by atoms with Gasteiger partial charge in [0.05, 0.1) is 5.69 Å². The number of carboxylic acids is 1. The Balaban J connectivity index is 1.66. The molecule has 0 aliphatic heterocycles. The van der Waals surface area contributed by atoms with E-state index >= 15 is 0 Å². The Morgan fingerprint density at radius 1 is 1.25 bits per heavy atom. The lowest BCUT2D eigenvalue weighted by atomic mass is 9.88. The highest BCUT2D eigenvalue weighted by atomic mass is 79.9. The first-order valence-corrected chi connectivity index (χ1v) is 11.6. The van der Waals surface area contributed by atoms with Gasteiger partial charge in [0.25, 0.3) is 0 Å². The second-order valence-corrected chi connectivity index (χ2v) is 9.45. The summed E-state index contributed by atoms with van der Waals surface area (Å²) in [5.41, 5.74) is 4.64. The molecule has 1 saturated carbocycles. The van der Waals surface area contributed by atoms with Crippen molar-refractivity contribution in [1.29, 1.82) is 0 Å². The van der Waals surface area contributed by atoms with Crippen LogP contribution in [0.25, 0.3) is 5.65 Å². The van der Waals surface area contributed by atoms with Gasteiger partial charge in [0.1, 0.15) is 5.82 Å². The van der Waals surface area contributed by atoms with Crippen LogP contribution in [0.3, 0.4) is 0 Å². The Bertz CT molecular complexity index is 1340. The number of imidazole rings is 1. The summed E-state index contributed by atoms with van der Waals surface area (Å²) in [6.45, 7) is 3.92. The van der Waals surface area contributed by atoms with Crippen molar-refractivity contribution in [2.45, 2.75) is 45.1 Å². The van der Waals surface area contributed by atoms with Crippen LogP contribution in [0.5, 0.6) is 0 Å². The molecule has 0 radical (unpaired) electrons. The van der Waals surface area contributed by atoms with E-state index < -0.39 is 5.97 Å². The normalized spacial score (nSPS) is 14.8. The quantitative estimate of drug-likeness (QED) is 0.374. The van der Waals surface area contributed by atoms with Gasteiger partial charge < -0.3 is 9.67 Å². The van der Waals surface area contributed by atoms with E-state index in [1.54, 1.807) is 0 Å². The fourth-order valence-electron chi connectivity index (χ4n) is 4.30. The van der Waals surface area contributed by atoms with Crippen molar-refractivity contribution in [3.8, 4) is 0 Å². The van der Waals surface area contributed by atoms with Gasteiger partial charge in [0, 0.05) is 23.2 Å². The lowest BCUT2D eigenvalue weighted by Gasteiger charge is -2.18. The molecule has 3 aromatic heterocycles. The SMILES string of the molecule is Cc1cc(CC(c2ccc(Cl)cc2)c2nc(Br)n(C3CC3)c2C(=O)O)cn2c(C)nnc12. The molecule has 0 bridgehead atoms. The fourth-order valence-corrected chi connectivity index (χ4v) is 5.08. The van der Waals surface area contributed by atoms with Crippen LogP contribution in [0.15, 0.2) is 41.3 Å². The second-order valence-electron chi connectivity index (χ2n) is 8.30. The highest BCUT2D eigenvalue weighted by molar-refractivity contribution is 9.10. The number of pyridine rings is 1. The van der Waals surface area contributed by atoms with Crippen LogP contribution >= 0.6 is 27.5 Å². The van der Waals surface area contributed by atoms with E-state index in [9.17, 15) is 9.90 Å². The maximum atomic E-state index is 12.3. The Kier molecular flexibility index (Phi) is 5.29. The fraction of sp³-hybridized carbons (Fsp3) is 0.304. The van der Waals surface area contributed by atoms with Crippen LogP contribution in [0.1, 0.15) is 63.5 Å². The molecule has 32 heavy (non-hydrogen) atoms. The highest BCUT2D eigenvalue weighted by Gasteiger charge is 2.35. The van der Waals surface area contributed by atoms with E-state index in [2.05, 4.69) is 32.2 Å². The van der Waals surface area contributed by atoms with Crippen molar-refractivity contribution < 1.29 is 9.90 Å². The van der Waals surface area contributed by atoms with Crippen molar-refractivity contribution in [3.63, 3.8) is 0 Å². The van der Waals surface area contributed by atoms with Crippen molar-refractivity contribution in [1.82, 2.24) is 24.1 Å². The van der Waals surface area contributed by atoms with Gasteiger partial charge in [-0.3, -0.25) is 4.40 Å². The number of fused-ring (bicyclic) bond motifs is 1. The van der Waals surface area contributed by atoms with Crippen LogP contribution in [-0.2, 0) is 6.42 Å². The van der Waals surface area contributed by atoms with E-state index in [0.29, 0.717) is 21.9 Å². The van der Waals surface area contributed by atoms with Crippen molar-refractivity contribution >= 4 is 39.1 Å². The van der Waals surface area contributed by atoms with Crippen LogP contribution in [0.4, 0.5) is 0 Å². The maximum absolute atomic E-state index is 12.3. The van der Waals surface area contributed by atoms with Crippen LogP contribution in [-0.4, -0.2) is 35.2 Å². The number of aromatic carboxylic acids is 1. The summed E-state index contributed by atoms with van der Waals surface area (Å²) in [6.07, 6.45) is 4.52. The van der Waals surface area contributed by atoms with Crippen LogP contribution in [0.2, 0.25) is 5.02 Å². The van der Waals surface area contributed by atoms with Gasteiger partial charge in [-0.15, -0.1) is 10.2 Å². The number of rotatable bonds is 6. The lowest BCUT2D eigenvalue weighted by Crippen LogP contribution is -2.15. The van der Waals surface area contributed by atoms with E-state index in [1.165, 1.54) is 0 Å². The van der Waals surface area contributed by atoms with Gasteiger partial charge >= 0.3 is 5.97 Å². The molecular formula is C23H21BrClN5O2. The predicted octanol–water partition coefficient (Wildman–Crippen LogP) is 5.37. The molecule has 1 aromatic carbocycles. The molecule has 0 spiro atoms. The molecule has 7 nitrogen and oxygen atoms in total. The minimum absolute atomic E-state index is 0.181. The molecule has 1 unspecified atom stereocenters. The Hall–Kier alpha value is -2.71. The van der Waals surface area contributed by atoms with Crippen molar-refractivity contribution in [2.75, 3.05) is 0 Å². The first-order valence-electron chi connectivity index (χ1n) is 10.4. The zero-order valence-corrected chi connectivity index (χ0v) is 19.9. The molecule has 0 amide bonds. The summed E-state index contributed by atoms with van der Waals surface area (Å²) < 4.78 is 4.35. The average molecular weight is 515 g/mol. The number of aryl methyl sites for hydroxylation is 2. The molecule has 1 aliphatic carbocycles. The minimum Gasteiger partial charge on any atom is -0.477 e. The molecule has 3 heterocycles. The van der Waals surface area contributed by atoms with Gasteiger partial charge in [0.15, 0.2) is 16.1 Å². The number of carbonyl (C=O) groups is 1.